The summed E-state index contributed by atoms with van der Waals surface area (Å²) in [5, 5.41) is 2.96. The van der Waals surface area contributed by atoms with Gasteiger partial charge in [-0.15, -0.1) is 0 Å². The Morgan fingerprint density at radius 1 is 1.39 bits per heavy atom. The van der Waals surface area contributed by atoms with Crippen LogP contribution in [0.25, 0.3) is 0 Å². The molecule has 2 rings (SSSR count). The lowest BCUT2D eigenvalue weighted by Crippen LogP contribution is -2.42. The molecular weight excluding hydrogens is 226 g/mol. The summed E-state index contributed by atoms with van der Waals surface area (Å²) in [6.45, 7) is 4.78. The Morgan fingerprint density at radius 3 is 2.67 bits per heavy atom. The number of hydrogen-bond donors (Lipinski definition) is 2. The summed E-state index contributed by atoms with van der Waals surface area (Å²) in [4.78, 5) is 14.0. The summed E-state index contributed by atoms with van der Waals surface area (Å²) in [6.07, 6.45) is 2.08. The summed E-state index contributed by atoms with van der Waals surface area (Å²) >= 11 is 0. The van der Waals surface area contributed by atoms with Crippen LogP contribution in [0.2, 0.25) is 0 Å². The van der Waals surface area contributed by atoms with E-state index >= 15 is 0 Å². The smallest absolute Gasteiger partial charge is 0.318 e. The van der Waals surface area contributed by atoms with E-state index in [1.165, 1.54) is 5.56 Å². The minimum absolute atomic E-state index is 0.0318. The first-order chi connectivity index (χ1) is 8.58. The zero-order valence-electron chi connectivity index (χ0n) is 11.0. The molecule has 1 saturated heterocycles. The zero-order valence-corrected chi connectivity index (χ0v) is 11.0. The van der Waals surface area contributed by atoms with E-state index in [-0.39, 0.29) is 18.1 Å². The number of urea groups is 1. The Hall–Kier alpha value is -1.71. The lowest BCUT2D eigenvalue weighted by molar-refractivity contribution is 0.190. The molecule has 0 radical (unpaired) electrons. The van der Waals surface area contributed by atoms with Crippen molar-refractivity contribution in [1.82, 2.24) is 10.2 Å². The van der Waals surface area contributed by atoms with Gasteiger partial charge in [-0.3, -0.25) is 0 Å². The molecule has 1 aliphatic heterocycles. The van der Waals surface area contributed by atoms with Crippen molar-refractivity contribution in [3.63, 3.8) is 0 Å². The van der Waals surface area contributed by atoms with Crippen LogP contribution < -0.4 is 11.1 Å². The monoisotopic (exact) mass is 247 g/mol. The second-order valence-electron chi connectivity index (χ2n) is 5.12. The second-order valence-corrected chi connectivity index (χ2v) is 5.12. The van der Waals surface area contributed by atoms with Crippen LogP contribution in [0.4, 0.5) is 10.5 Å². The van der Waals surface area contributed by atoms with Gasteiger partial charge in [0.15, 0.2) is 0 Å². The number of anilines is 1. The van der Waals surface area contributed by atoms with E-state index in [1.807, 2.05) is 43.0 Å². The van der Waals surface area contributed by atoms with E-state index in [0.29, 0.717) is 0 Å². The summed E-state index contributed by atoms with van der Waals surface area (Å²) in [5.74, 6) is 0. The third-order valence-electron chi connectivity index (χ3n) is 3.25. The van der Waals surface area contributed by atoms with Crippen LogP contribution in [0.1, 0.15) is 38.3 Å². The number of nitrogens with two attached hydrogens (primary N) is 1. The van der Waals surface area contributed by atoms with Gasteiger partial charge in [0.2, 0.25) is 0 Å². The fourth-order valence-electron chi connectivity index (χ4n) is 2.40. The Kier molecular flexibility index (Phi) is 3.75. The molecule has 18 heavy (non-hydrogen) atoms. The van der Waals surface area contributed by atoms with E-state index < -0.39 is 0 Å². The number of carbonyl (C=O) groups excluding carboxylic acids is 1. The molecule has 0 aromatic heterocycles. The molecule has 1 aromatic rings. The highest BCUT2D eigenvalue weighted by atomic mass is 16.2. The van der Waals surface area contributed by atoms with Gasteiger partial charge in [-0.2, -0.15) is 0 Å². The molecule has 98 valence electrons. The number of hydrogen-bond acceptors (Lipinski definition) is 2. The van der Waals surface area contributed by atoms with E-state index in [0.717, 1.165) is 25.1 Å². The first-order valence-corrected chi connectivity index (χ1v) is 6.50. The fourth-order valence-corrected chi connectivity index (χ4v) is 2.40. The number of likely N-dealkylation sites (tertiary alicyclic amines) is 1. The first kappa shape index (κ1) is 12.7. The van der Waals surface area contributed by atoms with Crippen LogP contribution in [-0.2, 0) is 0 Å². The van der Waals surface area contributed by atoms with Crippen molar-refractivity contribution >= 4 is 11.7 Å². The largest absolute Gasteiger partial charge is 0.399 e. The number of carbonyl (C=O) groups is 1. The first-order valence-electron chi connectivity index (χ1n) is 6.50. The van der Waals surface area contributed by atoms with Crippen molar-refractivity contribution in [3.05, 3.63) is 29.8 Å². The van der Waals surface area contributed by atoms with Crippen LogP contribution in [0.15, 0.2) is 24.3 Å². The number of rotatable bonds is 2. The van der Waals surface area contributed by atoms with E-state index in [1.54, 1.807) is 0 Å². The summed E-state index contributed by atoms with van der Waals surface area (Å²) in [6, 6.07) is 8.21. The summed E-state index contributed by atoms with van der Waals surface area (Å²) in [7, 11) is 0. The Labute approximate surface area is 108 Å². The molecule has 1 fully saturated rings. The third kappa shape index (κ3) is 2.75. The molecule has 1 aromatic carbocycles. The highest BCUT2D eigenvalue weighted by Gasteiger charge is 2.29. The van der Waals surface area contributed by atoms with Crippen LogP contribution in [0, 0.1) is 0 Å². The molecular formula is C14H21N3O. The number of nitrogen functional groups attached to an aromatic ring is 1. The number of nitrogens with one attached hydrogen (secondary N) is 1. The van der Waals surface area contributed by atoms with Crippen molar-refractivity contribution in [2.75, 3.05) is 12.3 Å². The molecule has 1 atom stereocenters. The van der Waals surface area contributed by atoms with Gasteiger partial charge in [-0.05, 0) is 44.4 Å². The topological polar surface area (TPSA) is 58.4 Å². The SMILES string of the molecule is CC(C)NC(=O)N1CCCC1c1ccc(N)cc1. The minimum atomic E-state index is 0.0318. The molecule has 3 N–H and O–H groups in total. The number of amides is 2. The molecule has 4 nitrogen and oxygen atoms in total. The maximum atomic E-state index is 12.1. The Bertz CT molecular complexity index is 414. The van der Waals surface area contributed by atoms with Gasteiger partial charge in [0, 0.05) is 18.3 Å². The standard InChI is InChI=1S/C14H21N3O/c1-10(2)16-14(18)17-9-3-4-13(17)11-5-7-12(15)8-6-11/h5-8,10,13H,3-4,9,15H2,1-2H3,(H,16,18). The lowest BCUT2D eigenvalue weighted by atomic mass is 10.0. The molecule has 1 heterocycles. The second kappa shape index (κ2) is 5.29. The van der Waals surface area contributed by atoms with Crippen LogP contribution >= 0.6 is 0 Å². The number of benzene rings is 1. The third-order valence-corrected chi connectivity index (χ3v) is 3.25. The van der Waals surface area contributed by atoms with Crippen LogP contribution in [0.5, 0.6) is 0 Å². The summed E-state index contributed by atoms with van der Waals surface area (Å²) in [5.41, 5.74) is 7.62. The fraction of sp³-hybridized carbons (Fsp3) is 0.500. The average molecular weight is 247 g/mol. The Balaban J connectivity index is 2.12. The maximum Gasteiger partial charge on any atom is 0.318 e. The quantitative estimate of drug-likeness (QED) is 0.789. The van der Waals surface area contributed by atoms with Crippen LogP contribution in [-0.4, -0.2) is 23.5 Å². The molecule has 2 amide bonds. The molecule has 0 aliphatic carbocycles. The molecule has 1 unspecified atom stereocenters. The molecule has 0 saturated carbocycles. The average Bonchev–Trinajstić information content (AvgIpc) is 2.78. The van der Waals surface area contributed by atoms with Gasteiger partial charge < -0.3 is 16.0 Å². The summed E-state index contributed by atoms with van der Waals surface area (Å²) < 4.78 is 0. The molecule has 0 bridgehead atoms. The minimum Gasteiger partial charge on any atom is -0.399 e. The highest BCUT2D eigenvalue weighted by Crippen LogP contribution is 2.32. The normalized spacial score (nSPS) is 19.3. The van der Waals surface area contributed by atoms with Crippen LogP contribution in [0.3, 0.4) is 0 Å². The highest BCUT2D eigenvalue weighted by molar-refractivity contribution is 5.75. The zero-order chi connectivity index (χ0) is 13.1. The van der Waals surface area contributed by atoms with Crippen molar-refractivity contribution < 1.29 is 4.79 Å². The van der Waals surface area contributed by atoms with Gasteiger partial charge in [0.25, 0.3) is 0 Å². The maximum absolute atomic E-state index is 12.1. The number of nitrogens with zero attached hydrogens (tertiary/aromatic N) is 1. The lowest BCUT2D eigenvalue weighted by Gasteiger charge is -2.26. The Morgan fingerprint density at radius 2 is 2.06 bits per heavy atom. The van der Waals surface area contributed by atoms with Gasteiger partial charge >= 0.3 is 6.03 Å². The van der Waals surface area contributed by atoms with Gasteiger partial charge in [-0.25, -0.2) is 4.79 Å². The van der Waals surface area contributed by atoms with E-state index in [2.05, 4.69) is 5.32 Å². The molecule has 0 spiro atoms. The van der Waals surface area contributed by atoms with Crippen molar-refractivity contribution in [2.24, 2.45) is 0 Å². The van der Waals surface area contributed by atoms with Crippen molar-refractivity contribution in [1.29, 1.82) is 0 Å². The van der Waals surface area contributed by atoms with Crippen molar-refractivity contribution in [2.45, 2.75) is 38.8 Å². The predicted octanol–water partition coefficient (Wildman–Crippen LogP) is 2.52. The molecule has 4 heteroatoms. The van der Waals surface area contributed by atoms with E-state index in [4.69, 9.17) is 5.73 Å². The van der Waals surface area contributed by atoms with Gasteiger partial charge in [0.1, 0.15) is 0 Å². The predicted molar refractivity (Wildman–Crippen MR) is 73.2 cm³/mol. The van der Waals surface area contributed by atoms with Crippen molar-refractivity contribution in [3.8, 4) is 0 Å². The molecule has 1 aliphatic rings. The van der Waals surface area contributed by atoms with E-state index in [9.17, 15) is 4.79 Å². The van der Waals surface area contributed by atoms with Gasteiger partial charge in [-0.1, -0.05) is 12.1 Å². The van der Waals surface area contributed by atoms with Gasteiger partial charge in [0.05, 0.1) is 6.04 Å².